The lowest BCUT2D eigenvalue weighted by Crippen LogP contribution is -2.23. The minimum atomic E-state index is -0.833. The van der Waals surface area contributed by atoms with Gasteiger partial charge in [0.25, 0.3) is 0 Å². The number of halogens is 2. The largest absolute Gasteiger partial charge is 0.321 e. The number of aromatic nitrogens is 1. The van der Waals surface area contributed by atoms with E-state index in [2.05, 4.69) is 10.3 Å². The van der Waals surface area contributed by atoms with Crippen LogP contribution in [0.4, 0.5) is 19.6 Å². The second kappa shape index (κ2) is 6.41. The number of nitrogens with one attached hydrogen (secondary N) is 1. The number of rotatable bonds is 4. The molecular formula is C15H13F2N3O2S. The molecule has 0 spiro atoms. The third-order valence-electron chi connectivity index (χ3n) is 3.41. The van der Waals surface area contributed by atoms with Gasteiger partial charge >= 0.3 is 0 Å². The summed E-state index contributed by atoms with van der Waals surface area (Å²) in [4.78, 5) is 29.4. The van der Waals surface area contributed by atoms with E-state index in [1.165, 1.54) is 17.4 Å². The van der Waals surface area contributed by atoms with E-state index in [1.807, 2.05) is 0 Å². The molecule has 0 radical (unpaired) electrons. The average Bonchev–Trinajstić information content (AvgIpc) is 3.12. The van der Waals surface area contributed by atoms with Gasteiger partial charge in [0.15, 0.2) is 5.13 Å². The van der Waals surface area contributed by atoms with Crippen molar-refractivity contribution in [3.05, 3.63) is 40.9 Å². The van der Waals surface area contributed by atoms with Crippen molar-refractivity contribution in [1.82, 2.24) is 4.98 Å². The summed E-state index contributed by atoms with van der Waals surface area (Å²) < 4.78 is 27.0. The number of carbonyl (C=O) groups excluding carboxylic acids is 2. The van der Waals surface area contributed by atoms with Gasteiger partial charge in [-0.25, -0.2) is 13.8 Å². The molecule has 2 aromatic rings. The van der Waals surface area contributed by atoms with E-state index in [-0.39, 0.29) is 12.3 Å². The van der Waals surface area contributed by atoms with Crippen LogP contribution in [0.2, 0.25) is 0 Å². The third-order valence-corrected chi connectivity index (χ3v) is 4.33. The summed E-state index contributed by atoms with van der Waals surface area (Å²) in [6.45, 7) is 0.623. The zero-order valence-corrected chi connectivity index (χ0v) is 12.8. The second-order valence-electron chi connectivity index (χ2n) is 5.09. The van der Waals surface area contributed by atoms with Crippen molar-refractivity contribution in [3.8, 4) is 0 Å². The molecule has 8 heteroatoms. The fourth-order valence-electron chi connectivity index (χ4n) is 2.32. The first-order chi connectivity index (χ1) is 11.0. The molecule has 1 N–H and O–H groups in total. The fraction of sp³-hybridized carbons (Fsp3) is 0.267. The van der Waals surface area contributed by atoms with Crippen LogP contribution < -0.4 is 10.2 Å². The summed E-state index contributed by atoms with van der Waals surface area (Å²) in [6, 6.07) is 3.36. The number of carbonyl (C=O) groups is 2. The highest BCUT2D eigenvalue weighted by molar-refractivity contribution is 7.14. The molecular weight excluding hydrogens is 324 g/mol. The van der Waals surface area contributed by atoms with E-state index in [1.54, 1.807) is 10.3 Å². The number of hydrogen-bond donors (Lipinski definition) is 1. The molecule has 0 aliphatic carbocycles. The molecule has 1 aliphatic heterocycles. The van der Waals surface area contributed by atoms with Gasteiger partial charge in [0, 0.05) is 18.3 Å². The van der Waals surface area contributed by atoms with Crippen molar-refractivity contribution in [2.75, 3.05) is 16.8 Å². The van der Waals surface area contributed by atoms with Crippen molar-refractivity contribution >= 4 is 34.0 Å². The van der Waals surface area contributed by atoms with Crippen molar-refractivity contribution in [2.24, 2.45) is 0 Å². The molecule has 1 aliphatic rings. The third kappa shape index (κ3) is 3.37. The minimum absolute atomic E-state index is 0.0174. The molecule has 0 bridgehead atoms. The Kier molecular flexibility index (Phi) is 4.33. The van der Waals surface area contributed by atoms with Crippen molar-refractivity contribution in [2.45, 2.75) is 19.3 Å². The zero-order chi connectivity index (χ0) is 16.4. The van der Waals surface area contributed by atoms with Crippen LogP contribution in [0.3, 0.4) is 0 Å². The Labute approximate surface area is 134 Å². The standard InChI is InChI=1S/C15H13F2N3O2S/c16-10-3-1-4-11(17)14(10)19-12(21)7-9-8-23-15(18-9)20-6-2-5-13(20)22/h1,3-4,8H,2,5-7H2,(H,19,21). The monoisotopic (exact) mass is 337 g/mol. The normalized spacial score (nSPS) is 14.3. The molecule has 1 fully saturated rings. The van der Waals surface area contributed by atoms with E-state index >= 15 is 0 Å². The predicted octanol–water partition coefficient (Wildman–Crippen LogP) is 2.73. The number of nitrogens with zero attached hydrogens (tertiary/aromatic N) is 2. The highest BCUT2D eigenvalue weighted by Crippen LogP contribution is 2.25. The van der Waals surface area contributed by atoms with Crippen LogP contribution in [0.15, 0.2) is 23.6 Å². The minimum Gasteiger partial charge on any atom is -0.321 e. The topological polar surface area (TPSA) is 62.3 Å². The first-order valence-electron chi connectivity index (χ1n) is 7.03. The van der Waals surface area contributed by atoms with Crippen LogP contribution in [0.1, 0.15) is 18.5 Å². The Bertz CT molecular complexity index is 743. The first kappa shape index (κ1) is 15.5. The van der Waals surface area contributed by atoms with Gasteiger partial charge in [-0.1, -0.05) is 6.07 Å². The predicted molar refractivity (Wildman–Crippen MR) is 82.4 cm³/mol. The van der Waals surface area contributed by atoms with Gasteiger partial charge in [0.2, 0.25) is 11.8 Å². The summed E-state index contributed by atoms with van der Waals surface area (Å²) in [5.74, 6) is -2.22. The summed E-state index contributed by atoms with van der Waals surface area (Å²) in [5, 5.41) is 4.42. The van der Waals surface area contributed by atoms with Crippen LogP contribution in [0.5, 0.6) is 0 Å². The quantitative estimate of drug-likeness (QED) is 0.933. The summed E-state index contributed by atoms with van der Waals surface area (Å²) in [5.41, 5.74) is -0.0124. The van der Waals surface area contributed by atoms with Gasteiger partial charge in [-0.2, -0.15) is 0 Å². The van der Waals surface area contributed by atoms with Gasteiger partial charge in [0.1, 0.15) is 17.3 Å². The molecule has 2 heterocycles. The Hall–Kier alpha value is -2.35. The number of benzene rings is 1. The molecule has 0 saturated carbocycles. The first-order valence-corrected chi connectivity index (χ1v) is 7.91. The maximum absolute atomic E-state index is 13.5. The number of para-hydroxylation sites is 1. The van der Waals surface area contributed by atoms with Crippen molar-refractivity contribution in [1.29, 1.82) is 0 Å². The van der Waals surface area contributed by atoms with E-state index in [9.17, 15) is 18.4 Å². The molecule has 23 heavy (non-hydrogen) atoms. The zero-order valence-electron chi connectivity index (χ0n) is 12.0. The molecule has 3 rings (SSSR count). The summed E-state index contributed by atoms with van der Waals surface area (Å²) in [6.07, 6.45) is 1.18. The maximum atomic E-state index is 13.5. The Balaban J connectivity index is 1.67. The Morgan fingerprint density at radius 2 is 2.09 bits per heavy atom. The van der Waals surface area contributed by atoms with Gasteiger partial charge < -0.3 is 5.32 Å². The lowest BCUT2D eigenvalue weighted by atomic mass is 10.2. The Morgan fingerprint density at radius 1 is 1.35 bits per heavy atom. The molecule has 0 atom stereocenters. The summed E-state index contributed by atoms with van der Waals surface area (Å²) in [7, 11) is 0. The van der Waals surface area contributed by atoms with Crippen molar-refractivity contribution in [3.63, 3.8) is 0 Å². The maximum Gasteiger partial charge on any atom is 0.230 e. The summed E-state index contributed by atoms with van der Waals surface area (Å²) >= 11 is 1.27. The number of hydrogen-bond acceptors (Lipinski definition) is 4. The van der Waals surface area contributed by atoms with E-state index in [0.29, 0.717) is 23.8 Å². The number of thiazole rings is 1. The highest BCUT2D eigenvalue weighted by Gasteiger charge is 2.24. The smallest absolute Gasteiger partial charge is 0.230 e. The molecule has 1 saturated heterocycles. The fourth-order valence-corrected chi connectivity index (χ4v) is 3.18. The molecule has 2 amide bonds. The van der Waals surface area contributed by atoms with E-state index < -0.39 is 23.2 Å². The number of amides is 2. The lowest BCUT2D eigenvalue weighted by molar-refractivity contribution is -0.117. The second-order valence-corrected chi connectivity index (χ2v) is 5.93. The molecule has 5 nitrogen and oxygen atoms in total. The van der Waals surface area contributed by atoms with Gasteiger partial charge in [-0.05, 0) is 18.6 Å². The molecule has 1 aromatic heterocycles. The van der Waals surface area contributed by atoms with E-state index in [0.717, 1.165) is 18.6 Å². The van der Waals surface area contributed by atoms with Crippen LogP contribution in [-0.2, 0) is 16.0 Å². The van der Waals surface area contributed by atoms with E-state index in [4.69, 9.17) is 0 Å². The lowest BCUT2D eigenvalue weighted by Gasteiger charge is -2.10. The Morgan fingerprint density at radius 3 is 2.74 bits per heavy atom. The van der Waals surface area contributed by atoms with Crippen LogP contribution >= 0.6 is 11.3 Å². The van der Waals surface area contributed by atoms with Crippen LogP contribution in [0.25, 0.3) is 0 Å². The molecule has 120 valence electrons. The van der Waals surface area contributed by atoms with Crippen molar-refractivity contribution < 1.29 is 18.4 Å². The average molecular weight is 337 g/mol. The molecule has 1 aromatic carbocycles. The SMILES string of the molecule is O=C(Cc1csc(N2CCCC2=O)n1)Nc1c(F)cccc1F. The van der Waals surface area contributed by atoms with Crippen LogP contribution in [0, 0.1) is 11.6 Å². The van der Waals surface area contributed by atoms with Crippen LogP contribution in [-0.4, -0.2) is 23.3 Å². The molecule has 0 unspecified atom stereocenters. The van der Waals surface area contributed by atoms with Gasteiger partial charge in [-0.15, -0.1) is 11.3 Å². The van der Waals surface area contributed by atoms with Gasteiger partial charge in [0.05, 0.1) is 12.1 Å². The highest BCUT2D eigenvalue weighted by atomic mass is 32.1. The van der Waals surface area contributed by atoms with Gasteiger partial charge in [-0.3, -0.25) is 14.5 Å². The number of anilines is 2.